The first-order chi connectivity index (χ1) is 19.0. The van der Waals surface area contributed by atoms with Crippen LogP contribution in [0.3, 0.4) is 0 Å². The topological polar surface area (TPSA) is 65.4 Å². The van der Waals surface area contributed by atoms with Crippen LogP contribution in [-0.2, 0) is 17.8 Å². The average Bonchev–Trinajstić information content (AvgIpc) is 3.54. The van der Waals surface area contributed by atoms with E-state index in [1.807, 2.05) is 53.1 Å². The highest BCUT2D eigenvalue weighted by Crippen LogP contribution is 2.33. The van der Waals surface area contributed by atoms with Crippen molar-refractivity contribution in [2.24, 2.45) is 0 Å². The molecule has 7 heteroatoms. The fourth-order valence-electron chi connectivity index (χ4n) is 4.99. The number of hydrogen-bond acceptors (Lipinski definition) is 4. The van der Waals surface area contributed by atoms with E-state index in [-0.39, 0.29) is 18.5 Å². The van der Waals surface area contributed by atoms with Gasteiger partial charge in [-0.05, 0) is 78.1 Å². The Labute approximate surface area is 226 Å². The van der Waals surface area contributed by atoms with Crippen LogP contribution in [0.25, 0.3) is 11.0 Å². The molecule has 1 N–H and O–H groups in total. The molecule has 0 radical (unpaired) electrons. The summed E-state index contributed by atoms with van der Waals surface area (Å²) >= 11 is 0. The molecule has 5 aromatic rings. The lowest BCUT2D eigenvalue weighted by Gasteiger charge is -2.22. The predicted octanol–water partition coefficient (Wildman–Crippen LogP) is 6.02. The van der Waals surface area contributed by atoms with Crippen LogP contribution in [0.4, 0.5) is 4.39 Å². The molecular weight excluding hydrogens is 493 g/mol. The molecule has 0 aliphatic carbocycles. The van der Waals surface area contributed by atoms with Gasteiger partial charge in [0.05, 0.1) is 11.0 Å². The Morgan fingerprint density at radius 3 is 2.44 bits per heavy atom. The number of amides is 1. The van der Waals surface area contributed by atoms with Gasteiger partial charge in [0.25, 0.3) is 0 Å². The summed E-state index contributed by atoms with van der Waals surface area (Å²) in [7, 11) is 0. The van der Waals surface area contributed by atoms with E-state index in [2.05, 4.69) is 31.3 Å². The van der Waals surface area contributed by atoms with Crippen molar-refractivity contribution in [1.82, 2.24) is 14.9 Å². The number of aryl methyl sites for hydroxylation is 2. The highest BCUT2D eigenvalue weighted by Gasteiger charge is 2.28. The normalized spacial score (nSPS) is 13.0. The maximum atomic E-state index is 14.0. The summed E-state index contributed by atoms with van der Waals surface area (Å²) in [5.74, 6) is 1.66. The molecule has 1 aliphatic heterocycles. The number of hydrogen-bond donors (Lipinski definition) is 1. The lowest BCUT2D eigenvalue weighted by molar-refractivity contribution is -0.123. The number of rotatable bonds is 7. The van der Waals surface area contributed by atoms with Crippen LogP contribution in [-0.4, -0.2) is 22.3 Å². The minimum atomic E-state index is -0.664. The molecule has 0 unspecified atom stereocenters. The van der Waals surface area contributed by atoms with Crippen LogP contribution in [0.1, 0.15) is 39.7 Å². The van der Waals surface area contributed by atoms with Crippen LogP contribution in [0.15, 0.2) is 84.9 Å². The van der Waals surface area contributed by atoms with E-state index >= 15 is 0 Å². The summed E-state index contributed by atoms with van der Waals surface area (Å²) in [5, 5.41) is 3.13. The SMILES string of the molecule is Cc1cc2nc(Cc3ccc(F)cc3)n([C@H](C(=O)NCc3ccc4c(c3)OCO4)c3ccccc3)c2cc1C. The third-order valence-corrected chi connectivity index (χ3v) is 7.18. The Bertz CT molecular complexity index is 1660. The third kappa shape index (κ3) is 4.95. The second-order valence-corrected chi connectivity index (χ2v) is 9.85. The highest BCUT2D eigenvalue weighted by molar-refractivity contribution is 5.87. The first-order valence-corrected chi connectivity index (χ1v) is 12.9. The van der Waals surface area contributed by atoms with Crippen LogP contribution < -0.4 is 14.8 Å². The van der Waals surface area contributed by atoms with E-state index in [0.717, 1.165) is 44.7 Å². The average molecular weight is 522 g/mol. The van der Waals surface area contributed by atoms with E-state index < -0.39 is 6.04 Å². The lowest BCUT2D eigenvalue weighted by atomic mass is 10.0. The van der Waals surface area contributed by atoms with Crippen molar-refractivity contribution in [3.05, 3.63) is 124 Å². The van der Waals surface area contributed by atoms with Crippen LogP contribution in [0.5, 0.6) is 11.5 Å². The van der Waals surface area contributed by atoms with Crippen LogP contribution in [0.2, 0.25) is 0 Å². The summed E-state index contributed by atoms with van der Waals surface area (Å²) in [4.78, 5) is 19.0. The number of fused-ring (bicyclic) bond motifs is 2. The first-order valence-electron chi connectivity index (χ1n) is 12.9. The maximum absolute atomic E-state index is 14.0. The van der Waals surface area contributed by atoms with E-state index in [1.165, 1.54) is 12.1 Å². The van der Waals surface area contributed by atoms with Gasteiger partial charge in [0.15, 0.2) is 11.5 Å². The molecule has 1 aromatic heterocycles. The van der Waals surface area contributed by atoms with Gasteiger partial charge in [-0.15, -0.1) is 0 Å². The fourth-order valence-corrected chi connectivity index (χ4v) is 4.99. The van der Waals surface area contributed by atoms with Gasteiger partial charge >= 0.3 is 0 Å². The number of halogens is 1. The van der Waals surface area contributed by atoms with Gasteiger partial charge < -0.3 is 19.4 Å². The van der Waals surface area contributed by atoms with Crippen molar-refractivity contribution in [2.45, 2.75) is 32.9 Å². The zero-order valence-corrected chi connectivity index (χ0v) is 21.8. The number of benzene rings is 4. The Kier molecular flexibility index (Phi) is 6.49. The Morgan fingerprint density at radius 2 is 1.64 bits per heavy atom. The summed E-state index contributed by atoms with van der Waals surface area (Å²) in [5.41, 5.74) is 6.61. The zero-order valence-electron chi connectivity index (χ0n) is 21.8. The minimum absolute atomic E-state index is 0.156. The number of carbonyl (C=O) groups is 1. The molecule has 1 aliphatic rings. The number of nitrogens with zero attached hydrogens (tertiary/aromatic N) is 2. The number of imidazole rings is 1. The summed E-state index contributed by atoms with van der Waals surface area (Å²) < 4.78 is 26.6. The van der Waals surface area contributed by atoms with E-state index in [9.17, 15) is 9.18 Å². The second-order valence-electron chi connectivity index (χ2n) is 9.85. The largest absolute Gasteiger partial charge is 0.454 e. The van der Waals surface area contributed by atoms with Gasteiger partial charge in [0, 0.05) is 13.0 Å². The molecule has 39 heavy (non-hydrogen) atoms. The Morgan fingerprint density at radius 1 is 0.923 bits per heavy atom. The third-order valence-electron chi connectivity index (χ3n) is 7.18. The molecule has 4 aromatic carbocycles. The molecule has 0 spiro atoms. The van der Waals surface area contributed by atoms with Gasteiger partial charge in [0.1, 0.15) is 17.7 Å². The van der Waals surface area contributed by atoms with Gasteiger partial charge in [-0.1, -0.05) is 48.5 Å². The zero-order chi connectivity index (χ0) is 26.9. The smallest absolute Gasteiger partial charge is 0.248 e. The number of ether oxygens (including phenoxy) is 2. The molecule has 0 bridgehead atoms. The van der Waals surface area contributed by atoms with Crippen molar-refractivity contribution in [2.75, 3.05) is 6.79 Å². The van der Waals surface area contributed by atoms with E-state index in [1.54, 1.807) is 12.1 Å². The molecule has 0 saturated heterocycles. The minimum Gasteiger partial charge on any atom is -0.454 e. The predicted molar refractivity (Wildman–Crippen MR) is 147 cm³/mol. The molecule has 0 fully saturated rings. The van der Waals surface area contributed by atoms with Crippen molar-refractivity contribution < 1.29 is 18.7 Å². The molecule has 1 amide bonds. The second kappa shape index (κ2) is 10.3. The maximum Gasteiger partial charge on any atom is 0.248 e. The van der Waals surface area contributed by atoms with Gasteiger partial charge in [0.2, 0.25) is 12.7 Å². The Hall–Kier alpha value is -4.65. The quantitative estimate of drug-likeness (QED) is 0.285. The van der Waals surface area contributed by atoms with Crippen molar-refractivity contribution >= 4 is 16.9 Å². The Balaban J connectivity index is 1.42. The van der Waals surface area contributed by atoms with Crippen molar-refractivity contribution in [3.63, 3.8) is 0 Å². The van der Waals surface area contributed by atoms with E-state index in [4.69, 9.17) is 14.5 Å². The summed E-state index contributed by atoms with van der Waals surface area (Å²) in [6, 6.07) is 25.3. The summed E-state index contributed by atoms with van der Waals surface area (Å²) in [6.45, 7) is 4.64. The van der Waals surface area contributed by atoms with Gasteiger partial charge in [-0.2, -0.15) is 0 Å². The van der Waals surface area contributed by atoms with Gasteiger partial charge in [-0.25, -0.2) is 9.37 Å². The molecule has 0 saturated carbocycles. The number of nitrogens with one attached hydrogen (secondary N) is 1. The van der Waals surface area contributed by atoms with E-state index in [0.29, 0.717) is 24.5 Å². The molecular formula is C32H28FN3O3. The van der Waals surface area contributed by atoms with Crippen LogP contribution >= 0.6 is 0 Å². The fraction of sp³-hybridized carbons (Fsp3) is 0.188. The van der Waals surface area contributed by atoms with Crippen LogP contribution in [0, 0.1) is 19.7 Å². The molecule has 1 atom stereocenters. The first kappa shape index (κ1) is 24.7. The number of aromatic nitrogens is 2. The van der Waals surface area contributed by atoms with Crippen molar-refractivity contribution in [3.8, 4) is 11.5 Å². The highest BCUT2D eigenvalue weighted by atomic mass is 19.1. The molecule has 196 valence electrons. The molecule has 2 heterocycles. The van der Waals surface area contributed by atoms with Crippen molar-refractivity contribution in [1.29, 1.82) is 0 Å². The standard InChI is InChI=1S/C32H28FN3O3/c1-20-14-26-27(15-21(20)2)36(30(35-26)17-22-8-11-25(33)12-9-22)31(24-6-4-3-5-7-24)32(37)34-18-23-10-13-28-29(16-23)39-19-38-28/h3-16,31H,17-19H2,1-2H3,(H,34,37)/t31-/m0/s1. The number of carbonyl (C=O) groups excluding carboxylic acids is 1. The van der Waals surface area contributed by atoms with Gasteiger partial charge in [-0.3, -0.25) is 4.79 Å². The summed E-state index contributed by atoms with van der Waals surface area (Å²) in [6.07, 6.45) is 0.450. The monoisotopic (exact) mass is 521 g/mol. The molecule has 6 nitrogen and oxygen atoms in total. The molecule has 6 rings (SSSR count). The lowest BCUT2D eigenvalue weighted by Crippen LogP contribution is -2.33.